The lowest BCUT2D eigenvalue weighted by atomic mass is 9.87. The van der Waals surface area contributed by atoms with Gasteiger partial charge in [-0.15, -0.1) is 0 Å². The van der Waals surface area contributed by atoms with E-state index in [0.717, 1.165) is 23.1 Å². The maximum Gasteiger partial charge on any atom is 0.167 e. The maximum atomic E-state index is 11.2. The predicted molar refractivity (Wildman–Crippen MR) is 101 cm³/mol. The second kappa shape index (κ2) is 7.96. The number of rotatable bonds is 3. The van der Waals surface area contributed by atoms with Gasteiger partial charge in [0.15, 0.2) is 5.58 Å². The zero-order chi connectivity index (χ0) is 18.5. The number of nitrogens with zero attached hydrogens (tertiary/aromatic N) is 1. The minimum absolute atomic E-state index is 0.154. The lowest BCUT2D eigenvalue weighted by Gasteiger charge is -2.17. The molecular formula is C21H33NO2. The molecule has 1 aromatic carbocycles. The van der Waals surface area contributed by atoms with Crippen LogP contribution in [0.2, 0.25) is 0 Å². The highest BCUT2D eigenvalue weighted by atomic mass is 16.5. The van der Waals surface area contributed by atoms with Crippen LogP contribution in [-0.4, -0.2) is 10.9 Å². The highest BCUT2D eigenvalue weighted by molar-refractivity contribution is 5.80. The summed E-state index contributed by atoms with van der Waals surface area (Å²) in [4.78, 5) is 11.2. The van der Waals surface area contributed by atoms with Crippen molar-refractivity contribution in [1.29, 1.82) is 0 Å². The first kappa shape index (κ1) is 20.4. The Labute approximate surface area is 146 Å². The molecular weight excluding hydrogens is 298 g/mol. The van der Waals surface area contributed by atoms with Crippen LogP contribution in [0.25, 0.3) is 11.0 Å². The van der Waals surface area contributed by atoms with E-state index in [-0.39, 0.29) is 16.7 Å². The van der Waals surface area contributed by atoms with E-state index < -0.39 is 0 Å². The van der Waals surface area contributed by atoms with Gasteiger partial charge >= 0.3 is 0 Å². The van der Waals surface area contributed by atoms with Crippen molar-refractivity contribution in [1.82, 2.24) is 5.16 Å². The molecule has 0 spiro atoms. The van der Waals surface area contributed by atoms with Crippen molar-refractivity contribution in [3.05, 3.63) is 30.0 Å². The first-order valence-corrected chi connectivity index (χ1v) is 8.75. The fourth-order valence-electron chi connectivity index (χ4n) is 2.29. The molecule has 0 saturated heterocycles. The molecule has 0 aliphatic carbocycles. The van der Waals surface area contributed by atoms with Gasteiger partial charge in [-0.3, -0.25) is 4.79 Å². The average molecular weight is 332 g/mol. The van der Waals surface area contributed by atoms with Gasteiger partial charge < -0.3 is 4.52 Å². The van der Waals surface area contributed by atoms with Crippen LogP contribution in [0.3, 0.4) is 0 Å². The number of para-hydroxylation sites is 1. The number of benzene rings is 1. The van der Waals surface area contributed by atoms with Crippen LogP contribution in [0.15, 0.2) is 28.8 Å². The molecule has 1 aromatic heterocycles. The van der Waals surface area contributed by atoms with Gasteiger partial charge in [0.05, 0.1) is 5.69 Å². The molecule has 3 heteroatoms. The van der Waals surface area contributed by atoms with Crippen molar-refractivity contribution in [2.24, 2.45) is 16.7 Å². The fraction of sp³-hybridized carbons (Fsp3) is 0.619. The lowest BCUT2D eigenvalue weighted by Crippen LogP contribution is -2.16. The summed E-state index contributed by atoms with van der Waals surface area (Å²) in [6.45, 7) is 16.8. The second-order valence-corrected chi connectivity index (χ2v) is 9.22. The molecule has 0 radical (unpaired) electrons. The van der Waals surface area contributed by atoms with Crippen LogP contribution >= 0.6 is 0 Å². The largest absolute Gasteiger partial charge is 0.356 e. The summed E-state index contributed by atoms with van der Waals surface area (Å²) in [5.41, 5.74) is 2.35. The quantitative estimate of drug-likeness (QED) is 0.686. The number of hydrogen-bond acceptors (Lipinski definition) is 3. The van der Waals surface area contributed by atoms with E-state index in [9.17, 15) is 4.79 Å². The van der Waals surface area contributed by atoms with Crippen molar-refractivity contribution >= 4 is 16.8 Å². The van der Waals surface area contributed by atoms with Crippen LogP contribution in [-0.2, 0) is 11.2 Å². The smallest absolute Gasteiger partial charge is 0.167 e. The number of ketones is 1. The number of Topliss-reactive ketones (excluding diaryl/α,β-unsaturated/α-hetero) is 1. The van der Waals surface area contributed by atoms with Crippen molar-refractivity contribution in [3.8, 4) is 0 Å². The Morgan fingerprint density at radius 2 is 1.62 bits per heavy atom. The van der Waals surface area contributed by atoms with Gasteiger partial charge in [-0.05, 0) is 29.4 Å². The maximum absolute atomic E-state index is 11.2. The number of hydrogen-bond donors (Lipinski definition) is 0. The minimum Gasteiger partial charge on any atom is -0.356 e. The molecule has 0 bridgehead atoms. The Morgan fingerprint density at radius 1 is 1.04 bits per heavy atom. The molecule has 24 heavy (non-hydrogen) atoms. The molecule has 0 saturated carbocycles. The van der Waals surface area contributed by atoms with Gasteiger partial charge in [0.25, 0.3) is 0 Å². The molecule has 2 rings (SSSR count). The molecule has 134 valence electrons. The zero-order valence-corrected chi connectivity index (χ0v) is 16.6. The van der Waals surface area contributed by atoms with Gasteiger partial charge in [0, 0.05) is 17.7 Å². The highest BCUT2D eigenvalue weighted by Gasteiger charge is 2.18. The zero-order valence-electron chi connectivity index (χ0n) is 16.6. The molecule has 3 nitrogen and oxygen atoms in total. The molecule has 0 fully saturated rings. The van der Waals surface area contributed by atoms with Gasteiger partial charge in [0.1, 0.15) is 5.78 Å². The first-order valence-electron chi connectivity index (χ1n) is 8.75. The van der Waals surface area contributed by atoms with Crippen LogP contribution in [0.4, 0.5) is 0 Å². The Bertz CT molecular complexity index is 654. The SMILES string of the molecule is CC(C)(C)Cc1noc2ccccc12.CC(C)C(=O)CC(C)(C)C. The molecule has 0 aliphatic rings. The molecule has 0 aliphatic heterocycles. The van der Waals surface area contributed by atoms with Crippen molar-refractivity contribution in [3.63, 3.8) is 0 Å². The summed E-state index contributed by atoms with van der Waals surface area (Å²) >= 11 is 0. The molecule has 0 amide bonds. The van der Waals surface area contributed by atoms with E-state index in [2.05, 4.69) is 52.8 Å². The first-order chi connectivity index (χ1) is 10.9. The van der Waals surface area contributed by atoms with Crippen LogP contribution in [0.1, 0.15) is 67.5 Å². The standard InChI is InChI=1S/C12H15NO.C9H18O/c1-12(2,3)8-10-9-6-4-5-7-11(9)14-13-10;1-7(2)8(10)6-9(3,4)5/h4-7H,8H2,1-3H3;7H,6H2,1-5H3. The topological polar surface area (TPSA) is 43.1 Å². The van der Waals surface area contributed by atoms with Gasteiger partial charge in [-0.25, -0.2) is 0 Å². The van der Waals surface area contributed by atoms with Crippen LogP contribution in [0, 0.1) is 16.7 Å². The second-order valence-electron chi connectivity index (χ2n) is 9.22. The van der Waals surface area contributed by atoms with Gasteiger partial charge in [0.2, 0.25) is 0 Å². The van der Waals surface area contributed by atoms with E-state index in [1.54, 1.807) is 0 Å². The summed E-state index contributed by atoms with van der Waals surface area (Å²) in [5, 5.41) is 5.25. The molecule has 2 aromatic rings. The molecule has 0 atom stereocenters. The van der Waals surface area contributed by atoms with E-state index in [0.29, 0.717) is 12.2 Å². The molecule has 0 unspecified atom stereocenters. The predicted octanol–water partition coefficient (Wildman–Crippen LogP) is 6.06. The third-order valence-electron chi connectivity index (χ3n) is 3.50. The Kier molecular flexibility index (Phi) is 6.76. The summed E-state index contributed by atoms with van der Waals surface area (Å²) in [5.74, 6) is 0.562. The number of aromatic nitrogens is 1. The Balaban J connectivity index is 0.000000257. The lowest BCUT2D eigenvalue weighted by molar-refractivity contribution is -0.123. The molecule has 1 heterocycles. The van der Waals surface area contributed by atoms with Crippen molar-refractivity contribution in [2.75, 3.05) is 0 Å². The number of fused-ring (bicyclic) bond motifs is 1. The summed E-state index contributed by atoms with van der Waals surface area (Å²) < 4.78 is 5.24. The van der Waals surface area contributed by atoms with Gasteiger partial charge in [-0.1, -0.05) is 72.7 Å². The fourth-order valence-corrected chi connectivity index (χ4v) is 2.29. The number of carbonyl (C=O) groups excluding carboxylic acids is 1. The number of carbonyl (C=O) groups is 1. The van der Waals surface area contributed by atoms with E-state index in [1.807, 2.05) is 32.0 Å². The molecule has 0 N–H and O–H groups in total. The van der Waals surface area contributed by atoms with Crippen LogP contribution in [0.5, 0.6) is 0 Å². The monoisotopic (exact) mass is 331 g/mol. The third kappa shape index (κ3) is 7.29. The Hall–Kier alpha value is -1.64. The van der Waals surface area contributed by atoms with Crippen LogP contribution < -0.4 is 0 Å². The normalized spacial score (nSPS) is 12.2. The van der Waals surface area contributed by atoms with E-state index in [4.69, 9.17) is 4.52 Å². The summed E-state index contributed by atoms with van der Waals surface area (Å²) in [6, 6.07) is 8.00. The Morgan fingerprint density at radius 3 is 2.08 bits per heavy atom. The van der Waals surface area contributed by atoms with Gasteiger partial charge in [-0.2, -0.15) is 0 Å². The van der Waals surface area contributed by atoms with Crippen molar-refractivity contribution in [2.45, 2.75) is 68.2 Å². The van der Waals surface area contributed by atoms with E-state index in [1.165, 1.54) is 0 Å². The highest BCUT2D eigenvalue weighted by Crippen LogP contribution is 2.25. The minimum atomic E-state index is 0.154. The summed E-state index contributed by atoms with van der Waals surface area (Å²) in [7, 11) is 0. The third-order valence-corrected chi connectivity index (χ3v) is 3.50. The van der Waals surface area contributed by atoms with Crippen molar-refractivity contribution < 1.29 is 9.32 Å². The average Bonchev–Trinajstić information content (AvgIpc) is 2.79. The summed E-state index contributed by atoms with van der Waals surface area (Å²) in [6.07, 6.45) is 1.65. The van der Waals surface area contributed by atoms with E-state index >= 15 is 0 Å².